The van der Waals surface area contributed by atoms with Gasteiger partial charge in [0.2, 0.25) is 0 Å². The zero-order valence-electron chi connectivity index (χ0n) is 13.9. The molecule has 0 saturated carbocycles. The number of nitrogens with zero attached hydrogens (tertiary/aromatic N) is 2. The van der Waals surface area contributed by atoms with E-state index in [1.54, 1.807) is 0 Å². The molecule has 5 nitrogen and oxygen atoms in total. The Kier molecular flexibility index (Phi) is 6.27. The summed E-state index contributed by atoms with van der Waals surface area (Å²) >= 11 is 0. The molecule has 0 aromatic rings. The van der Waals surface area contributed by atoms with Crippen molar-refractivity contribution in [3.8, 4) is 0 Å². The van der Waals surface area contributed by atoms with Crippen LogP contribution in [0.2, 0.25) is 0 Å². The van der Waals surface area contributed by atoms with E-state index in [-0.39, 0.29) is 6.09 Å². The standard InChI is InChI=1S/C15H31N3O2/c1-12(2)13(18-9-7-17(6)8-10-18)11-16-14(19)20-15(3,4)5/h12-13H,7-11H2,1-6H3,(H,16,19)/t13-/m0/s1. The Morgan fingerprint density at radius 2 is 1.75 bits per heavy atom. The van der Waals surface area contributed by atoms with Crippen LogP contribution in [0, 0.1) is 5.92 Å². The first-order chi connectivity index (χ1) is 9.19. The molecule has 0 aromatic heterocycles. The lowest BCUT2D eigenvalue weighted by atomic mass is 10.0. The molecule has 0 unspecified atom stereocenters. The lowest BCUT2D eigenvalue weighted by molar-refractivity contribution is 0.0465. The molecular formula is C15H31N3O2. The predicted molar refractivity (Wildman–Crippen MR) is 81.9 cm³/mol. The van der Waals surface area contributed by atoms with E-state index < -0.39 is 5.60 Å². The van der Waals surface area contributed by atoms with E-state index in [1.807, 2.05) is 20.8 Å². The largest absolute Gasteiger partial charge is 0.444 e. The number of carbonyl (C=O) groups excluding carboxylic acids is 1. The van der Waals surface area contributed by atoms with Crippen LogP contribution in [0.3, 0.4) is 0 Å². The first-order valence-electron chi connectivity index (χ1n) is 7.58. The molecule has 1 fully saturated rings. The number of likely N-dealkylation sites (N-methyl/N-ethyl adjacent to an activating group) is 1. The quantitative estimate of drug-likeness (QED) is 0.855. The number of amides is 1. The molecule has 1 heterocycles. The van der Waals surface area contributed by atoms with Crippen LogP contribution in [-0.4, -0.2) is 67.3 Å². The first kappa shape index (κ1) is 17.2. The Balaban J connectivity index is 2.45. The Hall–Kier alpha value is -0.810. The van der Waals surface area contributed by atoms with Crippen molar-refractivity contribution in [2.24, 2.45) is 5.92 Å². The van der Waals surface area contributed by atoms with E-state index in [2.05, 4.69) is 36.0 Å². The van der Waals surface area contributed by atoms with Gasteiger partial charge in [-0.25, -0.2) is 4.79 Å². The molecule has 0 aliphatic carbocycles. The highest BCUT2D eigenvalue weighted by Gasteiger charge is 2.26. The number of alkyl carbamates (subject to hydrolysis) is 1. The molecule has 1 aliphatic heterocycles. The molecule has 1 amide bonds. The van der Waals surface area contributed by atoms with Crippen LogP contribution < -0.4 is 5.32 Å². The smallest absolute Gasteiger partial charge is 0.407 e. The predicted octanol–water partition coefficient (Wildman–Crippen LogP) is 1.78. The summed E-state index contributed by atoms with van der Waals surface area (Å²) in [6, 6.07) is 0.371. The molecule has 1 N–H and O–H groups in total. The average Bonchev–Trinajstić information content (AvgIpc) is 2.29. The fourth-order valence-electron chi connectivity index (χ4n) is 2.44. The van der Waals surface area contributed by atoms with Crippen LogP contribution >= 0.6 is 0 Å². The number of carbonyl (C=O) groups is 1. The van der Waals surface area contributed by atoms with Gasteiger partial charge in [-0.05, 0) is 33.7 Å². The lowest BCUT2D eigenvalue weighted by Crippen LogP contribution is -2.54. The third-order valence-electron chi connectivity index (χ3n) is 3.63. The molecule has 118 valence electrons. The van der Waals surface area contributed by atoms with Gasteiger partial charge in [0.1, 0.15) is 5.60 Å². The molecule has 1 aliphatic rings. The Bertz CT molecular complexity index is 305. The second kappa shape index (κ2) is 7.27. The highest BCUT2D eigenvalue weighted by Crippen LogP contribution is 2.13. The van der Waals surface area contributed by atoms with E-state index in [0.717, 1.165) is 26.2 Å². The maximum atomic E-state index is 11.8. The van der Waals surface area contributed by atoms with Crippen molar-refractivity contribution in [1.29, 1.82) is 0 Å². The molecule has 0 spiro atoms. The summed E-state index contributed by atoms with van der Waals surface area (Å²) < 4.78 is 5.30. The van der Waals surface area contributed by atoms with Crippen LogP contribution in [0.4, 0.5) is 4.79 Å². The second-order valence-electron chi connectivity index (χ2n) is 7.03. The molecule has 1 saturated heterocycles. The first-order valence-corrected chi connectivity index (χ1v) is 7.58. The Morgan fingerprint density at radius 1 is 1.20 bits per heavy atom. The molecule has 1 rings (SSSR count). The van der Waals surface area contributed by atoms with E-state index in [9.17, 15) is 4.79 Å². The summed E-state index contributed by atoms with van der Waals surface area (Å²) in [5.74, 6) is 0.508. The summed E-state index contributed by atoms with van der Waals surface area (Å²) in [4.78, 5) is 16.6. The van der Waals surface area contributed by atoms with Crippen LogP contribution in [0.25, 0.3) is 0 Å². The maximum absolute atomic E-state index is 11.8. The SMILES string of the molecule is CC(C)[C@H](CNC(=O)OC(C)(C)C)N1CCN(C)CC1. The number of hydrogen-bond donors (Lipinski definition) is 1. The maximum Gasteiger partial charge on any atom is 0.407 e. The van der Waals surface area contributed by atoms with Gasteiger partial charge in [-0.2, -0.15) is 0 Å². The van der Waals surface area contributed by atoms with Gasteiger partial charge in [0.25, 0.3) is 0 Å². The van der Waals surface area contributed by atoms with Gasteiger partial charge in [-0.3, -0.25) is 4.90 Å². The van der Waals surface area contributed by atoms with Gasteiger partial charge in [0.05, 0.1) is 0 Å². The fourth-order valence-corrected chi connectivity index (χ4v) is 2.44. The topological polar surface area (TPSA) is 44.8 Å². The normalized spacial score (nSPS) is 19.9. The molecule has 1 atom stereocenters. The molecular weight excluding hydrogens is 254 g/mol. The summed E-state index contributed by atoms with van der Waals surface area (Å²) in [6.07, 6.45) is -0.322. The summed E-state index contributed by atoms with van der Waals surface area (Å²) in [5.41, 5.74) is -0.439. The van der Waals surface area contributed by atoms with E-state index in [1.165, 1.54) is 0 Å². The molecule has 5 heteroatoms. The summed E-state index contributed by atoms with van der Waals surface area (Å²) in [6.45, 7) is 15.0. The average molecular weight is 285 g/mol. The van der Waals surface area contributed by atoms with Crippen molar-refractivity contribution >= 4 is 6.09 Å². The van der Waals surface area contributed by atoms with E-state index in [0.29, 0.717) is 18.5 Å². The summed E-state index contributed by atoms with van der Waals surface area (Å²) in [7, 11) is 2.15. The van der Waals surface area contributed by atoms with Gasteiger partial charge in [-0.1, -0.05) is 13.8 Å². The van der Waals surface area contributed by atoms with Gasteiger partial charge >= 0.3 is 6.09 Å². The molecule has 20 heavy (non-hydrogen) atoms. The van der Waals surface area contributed by atoms with Gasteiger partial charge < -0.3 is 15.0 Å². The van der Waals surface area contributed by atoms with Crippen LogP contribution in [0.1, 0.15) is 34.6 Å². The fraction of sp³-hybridized carbons (Fsp3) is 0.933. The number of piperazine rings is 1. The number of rotatable bonds is 4. The minimum atomic E-state index is -0.439. The minimum absolute atomic E-state index is 0.322. The van der Waals surface area contributed by atoms with Gasteiger partial charge in [-0.15, -0.1) is 0 Å². The second-order valence-corrected chi connectivity index (χ2v) is 7.03. The summed E-state index contributed by atoms with van der Waals surface area (Å²) in [5, 5.41) is 2.91. The molecule has 0 bridgehead atoms. The molecule has 0 aromatic carbocycles. The van der Waals surface area contributed by atoms with Gasteiger partial charge in [0.15, 0.2) is 0 Å². The zero-order chi connectivity index (χ0) is 15.3. The number of hydrogen-bond acceptors (Lipinski definition) is 4. The van der Waals surface area contributed by atoms with Crippen molar-refractivity contribution in [1.82, 2.24) is 15.1 Å². The highest BCUT2D eigenvalue weighted by molar-refractivity contribution is 5.67. The van der Waals surface area contributed by atoms with E-state index >= 15 is 0 Å². The Morgan fingerprint density at radius 3 is 2.20 bits per heavy atom. The third-order valence-corrected chi connectivity index (χ3v) is 3.63. The van der Waals surface area contributed by atoms with Crippen molar-refractivity contribution in [2.75, 3.05) is 39.8 Å². The minimum Gasteiger partial charge on any atom is -0.444 e. The lowest BCUT2D eigenvalue weighted by Gasteiger charge is -2.39. The number of ether oxygens (including phenoxy) is 1. The van der Waals surface area contributed by atoms with Crippen LogP contribution in [-0.2, 0) is 4.74 Å². The van der Waals surface area contributed by atoms with Crippen LogP contribution in [0.5, 0.6) is 0 Å². The zero-order valence-corrected chi connectivity index (χ0v) is 13.9. The van der Waals surface area contributed by atoms with Crippen molar-refractivity contribution in [3.63, 3.8) is 0 Å². The number of nitrogens with one attached hydrogen (secondary N) is 1. The van der Waals surface area contributed by atoms with Crippen molar-refractivity contribution in [3.05, 3.63) is 0 Å². The third kappa shape index (κ3) is 6.09. The van der Waals surface area contributed by atoms with Gasteiger partial charge in [0, 0.05) is 38.8 Å². The Labute approximate surface area is 123 Å². The highest BCUT2D eigenvalue weighted by atomic mass is 16.6. The monoisotopic (exact) mass is 285 g/mol. The van der Waals surface area contributed by atoms with Crippen molar-refractivity contribution in [2.45, 2.75) is 46.3 Å². The molecule has 0 radical (unpaired) electrons. The van der Waals surface area contributed by atoms with Crippen LogP contribution in [0.15, 0.2) is 0 Å². The van der Waals surface area contributed by atoms with Crippen molar-refractivity contribution < 1.29 is 9.53 Å². The van der Waals surface area contributed by atoms with E-state index in [4.69, 9.17) is 4.74 Å².